The van der Waals surface area contributed by atoms with Gasteiger partial charge in [-0.3, -0.25) is 4.79 Å². The molecule has 0 aromatic carbocycles. The maximum Gasteiger partial charge on any atom is 0.251 e. The van der Waals surface area contributed by atoms with Crippen molar-refractivity contribution in [3.8, 4) is 0 Å². The van der Waals surface area contributed by atoms with Crippen LogP contribution in [0.1, 0.15) is 43.5 Å². The van der Waals surface area contributed by atoms with E-state index in [9.17, 15) is 13.2 Å². The minimum absolute atomic E-state index is 0.0551. The summed E-state index contributed by atoms with van der Waals surface area (Å²) in [6.07, 6.45) is 4.49. The van der Waals surface area contributed by atoms with Crippen LogP contribution in [0.5, 0.6) is 0 Å². The molecule has 0 saturated carbocycles. The van der Waals surface area contributed by atoms with E-state index in [2.05, 4.69) is 16.9 Å². The van der Waals surface area contributed by atoms with Crippen LogP contribution in [0.2, 0.25) is 0 Å². The molecule has 1 atom stereocenters. The van der Waals surface area contributed by atoms with Gasteiger partial charge in [-0.15, -0.1) is 11.3 Å². The van der Waals surface area contributed by atoms with Gasteiger partial charge in [0, 0.05) is 30.2 Å². The molecule has 0 bridgehead atoms. The van der Waals surface area contributed by atoms with Crippen LogP contribution in [0.25, 0.3) is 10.2 Å². The molecular formula is C21H27N5O3S2. The number of nitrogen functional groups attached to an aromatic ring is 1. The first-order valence-electron chi connectivity index (χ1n) is 10.5. The summed E-state index contributed by atoms with van der Waals surface area (Å²) < 4.78 is 28.4. The van der Waals surface area contributed by atoms with Crippen LogP contribution in [0.15, 0.2) is 28.0 Å². The van der Waals surface area contributed by atoms with Crippen molar-refractivity contribution in [1.82, 2.24) is 18.8 Å². The molecule has 166 valence electrons. The van der Waals surface area contributed by atoms with Gasteiger partial charge in [0.2, 0.25) is 10.0 Å². The summed E-state index contributed by atoms with van der Waals surface area (Å²) in [6, 6.07) is 2.61. The second kappa shape index (κ2) is 8.33. The van der Waals surface area contributed by atoms with Gasteiger partial charge in [-0.2, -0.15) is 4.31 Å². The Kier molecular flexibility index (Phi) is 5.89. The number of aryl methyl sites for hydroxylation is 1. The molecule has 0 spiro atoms. The van der Waals surface area contributed by atoms with Crippen LogP contribution >= 0.6 is 11.3 Å². The van der Waals surface area contributed by atoms with E-state index in [1.54, 1.807) is 25.2 Å². The number of sulfonamides is 1. The highest BCUT2D eigenvalue weighted by Gasteiger charge is 2.24. The van der Waals surface area contributed by atoms with E-state index in [0.29, 0.717) is 30.6 Å². The van der Waals surface area contributed by atoms with E-state index in [0.717, 1.165) is 29.5 Å². The third-order valence-electron chi connectivity index (χ3n) is 5.84. The Bertz CT molecular complexity index is 1290. The van der Waals surface area contributed by atoms with Crippen LogP contribution in [0.4, 0.5) is 5.82 Å². The monoisotopic (exact) mass is 461 g/mol. The van der Waals surface area contributed by atoms with Gasteiger partial charge in [0.1, 0.15) is 10.6 Å². The van der Waals surface area contributed by atoms with Crippen molar-refractivity contribution in [2.45, 2.75) is 51.5 Å². The number of aromatic nitrogens is 3. The zero-order valence-corrected chi connectivity index (χ0v) is 19.6. The van der Waals surface area contributed by atoms with Crippen LogP contribution in [0.3, 0.4) is 0 Å². The van der Waals surface area contributed by atoms with Crippen molar-refractivity contribution < 1.29 is 8.42 Å². The van der Waals surface area contributed by atoms with E-state index in [1.165, 1.54) is 37.6 Å². The fourth-order valence-corrected chi connectivity index (χ4v) is 7.03. The van der Waals surface area contributed by atoms with E-state index in [4.69, 9.17) is 5.73 Å². The molecule has 3 aromatic heterocycles. The largest absolute Gasteiger partial charge is 0.383 e. The number of anilines is 1. The molecule has 0 saturated heterocycles. The lowest BCUT2D eigenvalue weighted by Gasteiger charge is -2.19. The molecule has 1 aliphatic carbocycles. The third kappa shape index (κ3) is 3.99. The first kappa shape index (κ1) is 21.9. The van der Waals surface area contributed by atoms with Crippen molar-refractivity contribution in [3.63, 3.8) is 0 Å². The number of hydrogen-bond acceptors (Lipinski definition) is 7. The SMILES string of the molecule is CCN(CC)S(=O)(=O)c1ccc(=O)n(Cc2nc(N)c3c4c(sc3n2)CC(C)CC4)c1. The molecule has 10 heteroatoms. The lowest BCUT2D eigenvalue weighted by atomic mass is 9.89. The molecule has 3 heterocycles. The standard InChI is InChI=1S/C21H27N5O3S2/c1-4-26(5-2)31(28,29)14-7-9-18(27)25(11-14)12-17-23-20(22)19-15-8-6-13(3)10-16(15)30-21(19)24-17/h7,9,11,13H,4-6,8,10,12H2,1-3H3,(H2,22,23,24). The summed E-state index contributed by atoms with van der Waals surface area (Å²) in [5.41, 5.74) is 7.23. The van der Waals surface area contributed by atoms with E-state index in [1.807, 2.05) is 0 Å². The first-order chi connectivity index (χ1) is 14.7. The molecule has 0 radical (unpaired) electrons. The average Bonchev–Trinajstić information content (AvgIpc) is 3.07. The second-order valence-electron chi connectivity index (χ2n) is 7.98. The molecule has 1 unspecified atom stereocenters. The molecule has 3 aromatic rings. The Morgan fingerprint density at radius 3 is 2.71 bits per heavy atom. The molecule has 0 amide bonds. The predicted molar refractivity (Wildman–Crippen MR) is 123 cm³/mol. The van der Waals surface area contributed by atoms with Crippen LogP contribution < -0.4 is 11.3 Å². The molecule has 31 heavy (non-hydrogen) atoms. The normalized spacial score (nSPS) is 16.7. The van der Waals surface area contributed by atoms with Crippen molar-refractivity contribution in [2.75, 3.05) is 18.8 Å². The highest BCUT2D eigenvalue weighted by atomic mass is 32.2. The van der Waals surface area contributed by atoms with Gasteiger partial charge in [-0.05, 0) is 36.8 Å². The summed E-state index contributed by atoms with van der Waals surface area (Å²) in [6.45, 7) is 6.58. The van der Waals surface area contributed by atoms with E-state index >= 15 is 0 Å². The number of thiophene rings is 1. The van der Waals surface area contributed by atoms with Crippen molar-refractivity contribution in [1.29, 1.82) is 0 Å². The van der Waals surface area contributed by atoms with Crippen molar-refractivity contribution in [3.05, 3.63) is 44.9 Å². The fourth-order valence-electron chi connectivity index (χ4n) is 4.14. The Hall–Kier alpha value is -2.30. The zero-order chi connectivity index (χ0) is 22.3. The summed E-state index contributed by atoms with van der Waals surface area (Å²) in [5.74, 6) is 1.46. The number of rotatable bonds is 6. The molecule has 2 N–H and O–H groups in total. The highest BCUT2D eigenvalue weighted by Crippen LogP contribution is 2.39. The summed E-state index contributed by atoms with van der Waals surface area (Å²) in [4.78, 5) is 23.8. The Morgan fingerprint density at radius 2 is 2.00 bits per heavy atom. The molecule has 1 aliphatic rings. The van der Waals surface area contributed by atoms with Gasteiger partial charge in [-0.1, -0.05) is 20.8 Å². The van der Waals surface area contributed by atoms with Crippen LogP contribution in [-0.4, -0.2) is 40.3 Å². The lowest BCUT2D eigenvalue weighted by molar-refractivity contribution is 0.444. The quantitative estimate of drug-likeness (QED) is 0.604. The fraction of sp³-hybridized carbons (Fsp3) is 0.476. The number of nitrogens with two attached hydrogens (primary N) is 1. The Morgan fingerprint density at radius 1 is 1.26 bits per heavy atom. The minimum atomic E-state index is -3.67. The van der Waals surface area contributed by atoms with Crippen molar-refractivity contribution in [2.24, 2.45) is 5.92 Å². The third-order valence-corrected chi connectivity index (χ3v) is 9.02. The smallest absolute Gasteiger partial charge is 0.251 e. The summed E-state index contributed by atoms with van der Waals surface area (Å²) in [7, 11) is -3.67. The summed E-state index contributed by atoms with van der Waals surface area (Å²) in [5, 5.41) is 0.931. The maximum atomic E-state index is 12.8. The summed E-state index contributed by atoms with van der Waals surface area (Å²) >= 11 is 1.64. The molecule has 4 rings (SSSR count). The molecule has 0 aliphatic heterocycles. The average molecular weight is 462 g/mol. The van der Waals surface area contributed by atoms with Gasteiger partial charge in [0.15, 0.2) is 5.82 Å². The number of fused-ring (bicyclic) bond motifs is 3. The van der Waals surface area contributed by atoms with Gasteiger partial charge < -0.3 is 10.3 Å². The van der Waals surface area contributed by atoms with Gasteiger partial charge >= 0.3 is 0 Å². The minimum Gasteiger partial charge on any atom is -0.383 e. The zero-order valence-electron chi connectivity index (χ0n) is 18.0. The number of nitrogens with zero attached hydrogens (tertiary/aromatic N) is 4. The number of pyridine rings is 1. The van der Waals surface area contributed by atoms with Gasteiger partial charge in [0.25, 0.3) is 5.56 Å². The first-order valence-corrected chi connectivity index (χ1v) is 12.8. The molecule has 0 fully saturated rings. The van der Waals surface area contributed by atoms with Gasteiger partial charge in [-0.25, -0.2) is 18.4 Å². The van der Waals surface area contributed by atoms with E-state index < -0.39 is 10.0 Å². The number of hydrogen-bond donors (Lipinski definition) is 1. The lowest BCUT2D eigenvalue weighted by Crippen LogP contribution is -2.32. The van der Waals surface area contributed by atoms with E-state index in [-0.39, 0.29) is 17.0 Å². The predicted octanol–water partition coefficient (Wildman–Crippen LogP) is 2.64. The molecular weight excluding hydrogens is 434 g/mol. The van der Waals surface area contributed by atoms with Crippen LogP contribution in [-0.2, 0) is 29.4 Å². The topological polar surface area (TPSA) is 111 Å². The van der Waals surface area contributed by atoms with Gasteiger partial charge in [0.05, 0.1) is 16.8 Å². The maximum absolute atomic E-state index is 12.8. The van der Waals surface area contributed by atoms with Crippen LogP contribution in [0, 0.1) is 5.92 Å². The Labute approximate surface area is 185 Å². The Balaban J connectivity index is 1.72. The molecule has 8 nitrogen and oxygen atoms in total. The highest BCUT2D eigenvalue weighted by molar-refractivity contribution is 7.89. The van der Waals surface area contributed by atoms with Crippen molar-refractivity contribution >= 4 is 37.4 Å². The second-order valence-corrected chi connectivity index (χ2v) is 11.0.